The molecule has 0 aliphatic rings. The number of benzene rings is 1. The van der Waals surface area contributed by atoms with Gasteiger partial charge < -0.3 is 15.6 Å². The van der Waals surface area contributed by atoms with Crippen LogP contribution in [0.1, 0.15) is 17.2 Å². The van der Waals surface area contributed by atoms with E-state index < -0.39 is 0 Å². The zero-order valence-corrected chi connectivity index (χ0v) is 10.2. The fourth-order valence-corrected chi connectivity index (χ4v) is 2.31. The molecule has 0 fully saturated rings. The summed E-state index contributed by atoms with van der Waals surface area (Å²) in [5, 5.41) is 13.3. The number of para-hydroxylation sites is 1. The van der Waals surface area contributed by atoms with Gasteiger partial charge in [0.25, 0.3) is 0 Å². The maximum atomic E-state index is 9.23. The topological polar surface area (TPSA) is 55.5 Å². The number of aliphatic hydroxyl groups excluding tert-OH is 1. The van der Waals surface area contributed by atoms with Gasteiger partial charge in [0.15, 0.2) is 0 Å². The van der Waals surface area contributed by atoms with E-state index in [-0.39, 0.29) is 12.7 Å². The van der Waals surface area contributed by atoms with E-state index in [1.165, 1.54) is 0 Å². The summed E-state index contributed by atoms with van der Waals surface area (Å²) >= 11 is 1.62. The van der Waals surface area contributed by atoms with Crippen molar-refractivity contribution in [1.82, 2.24) is 0 Å². The summed E-state index contributed by atoms with van der Waals surface area (Å²) in [6.07, 6.45) is -0.158. The van der Waals surface area contributed by atoms with Crippen LogP contribution in [0, 0.1) is 0 Å². The number of hydrogen-bond donors (Lipinski definition) is 2. The Morgan fingerprint density at radius 3 is 2.76 bits per heavy atom. The van der Waals surface area contributed by atoms with Crippen LogP contribution in [-0.4, -0.2) is 11.7 Å². The van der Waals surface area contributed by atoms with Crippen LogP contribution in [0.5, 0.6) is 5.75 Å². The van der Waals surface area contributed by atoms with Crippen LogP contribution < -0.4 is 10.5 Å². The minimum atomic E-state index is -0.158. The van der Waals surface area contributed by atoms with Crippen LogP contribution >= 0.6 is 11.3 Å². The number of ether oxygens (including phenoxy) is 1. The number of hydrogen-bond acceptors (Lipinski definition) is 4. The van der Waals surface area contributed by atoms with Gasteiger partial charge in [0.2, 0.25) is 0 Å². The third-order valence-corrected chi connectivity index (χ3v) is 3.24. The summed E-state index contributed by atoms with van der Waals surface area (Å²) < 4.78 is 5.85. The number of rotatable bonds is 5. The highest BCUT2D eigenvalue weighted by molar-refractivity contribution is 7.07. The second-order valence-corrected chi connectivity index (χ2v) is 4.44. The van der Waals surface area contributed by atoms with Gasteiger partial charge in [-0.1, -0.05) is 18.2 Å². The van der Waals surface area contributed by atoms with Crippen molar-refractivity contribution >= 4 is 11.3 Å². The molecule has 1 aromatic carbocycles. The number of thiophene rings is 1. The molecule has 17 heavy (non-hydrogen) atoms. The van der Waals surface area contributed by atoms with Gasteiger partial charge in [-0.2, -0.15) is 11.3 Å². The van der Waals surface area contributed by atoms with E-state index >= 15 is 0 Å². The first-order chi connectivity index (χ1) is 8.35. The van der Waals surface area contributed by atoms with Gasteiger partial charge in [0, 0.05) is 17.7 Å². The first-order valence-corrected chi connectivity index (χ1v) is 6.37. The van der Waals surface area contributed by atoms with Gasteiger partial charge in [-0.25, -0.2) is 0 Å². The SMILES string of the molecule is NCC(Oc1ccccc1CO)c1ccsc1. The average Bonchev–Trinajstić information content (AvgIpc) is 2.90. The molecule has 2 rings (SSSR count). The monoisotopic (exact) mass is 249 g/mol. The van der Waals surface area contributed by atoms with Crippen LogP contribution in [0.2, 0.25) is 0 Å². The maximum Gasteiger partial charge on any atom is 0.137 e. The average molecular weight is 249 g/mol. The molecule has 0 saturated carbocycles. The maximum absolute atomic E-state index is 9.23. The summed E-state index contributed by atoms with van der Waals surface area (Å²) in [7, 11) is 0. The van der Waals surface area contributed by atoms with Crippen LogP contribution in [0.15, 0.2) is 41.1 Å². The van der Waals surface area contributed by atoms with Crippen molar-refractivity contribution in [2.24, 2.45) is 5.73 Å². The Morgan fingerprint density at radius 2 is 2.12 bits per heavy atom. The second-order valence-electron chi connectivity index (χ2n) is 3.66. The summed E-state index contributed by atoms with van der Waals surface area (Å²) in [6, 6.07) is 9.46. The zero-order chi connectivity index (χ0) is 12.1. The molecule has 0 aliphatic heterocycles. The Hall–Kier alpha value is -1.36. The summed E-state index contributed by atoms with van der Waals surface area (Å²) in [5.41, 5.74) is 7.57. The summed E-state index contributed by atoms with van der Waals surface area (Å²) in [5.74, 6) is 0.691. The van der Waals surface area contributed by atoms with Crippen LogP contribution in [0.3, 0.4) is 0 Å². The van der Waals surface area contributed by atoms with E-state index in [2.05, 4.69) is 0 Å². The predicted molar refractivity (Wildman–Crippen MR) is 69.1 cm³/mol. The Bertz CT molecular complexity index is 456. The van der Waals surface area contributed by atoms with Crippen molar-refractivity contribution < 1.29 is 9.84 Å². The molecule has 1 heterocycles. The number of nitrogens with two attached hydrogens (primary N) is 1. The van der Waals surface area contributed by atoms with Gasteiger partial charge >= 0.3 is 0 Å². The molecule has 1 atom stereocenters. The van der Waals surface area contributed by atoms with Crippen molar-refractivity contribution in [1.29, 1.82) is 0 Å². The quantitative estimate of drug-likeness (QED) is 0.855. The second kappa shape index (κ2) is 5.82. The standard InChI is InChI=1S/C13H15NO2S/c14-7-13(11-5-6-17-9-11)16-12-4-2-1-3-10(12)8-15/h1-6,9,13,15H,7-8,14H2. The lowest BCUT2D eigenvalue weighted by Crippen LogP contribution is -2.18. The third-order valence-electron chi connectivity index (χ3n) is 2.54. The molecule has 4 heteroatoms. The Labute approximate surface area is 104 Å². The van der Waals surface area contributed by atoms with Gasteiger partial charge in [-0.05, 0) is 22.9 Å². The Morgan fingerprint density at radius 1 is 1.29 bits per heavy atom. The van der Waals surface area contributed by atoms with Crippen LogP contribution in [0.25, 0.3) is 0 Å². The molecule has 3 N–H and O–H groups in total. The third kappa shape index (κ3) is 2.85. The highest BCUT2D eigenvalue weighted by Gasteiger charge is 2.13. The van der Waals surface area contributed by atoms with E-state index in [1.54, 1.807) is 11.3 Å². The smallest absolute Gasteiger partial charge is 0.137 e. The molecular formula is C13H15NO2S. The minimum absolute atomic E-state index is 0.0307. The molecule has 0 spiro atoms. The molecular weight excluding hydrogens is 234 g/mol. The van der Waals surface area contributed by atoms with E-state index in [1.807, 2.05) is 41.1 Å². The van der Waals surface area contributed by atoms with Crippen molar-refractivity contribution in [2.75, 3.05) is 6.54 Å². The molecule has 0 amide bonds. The van der Waals surface area contributed by atoms with Gasteiger partial charge in [0.1, 0.15) is 11.9 Å². The first-order valence-electron chi connectivity index (χ1n) is 5.42. The van der Waals surface area contributed by atoms with E-state index in [0.29, 0.717) is 12.3 Å². The lowest BCUT2D eigenvalue weighted by Gasteiger charge is -2.18. The van der Waals surface area contributed by atoms with Crippen molar-refractivity contribution in [3.8, 4) is 5.75 Å². The predicted octanol–water partition coefficient (Wildman–Crippen LogP) is 2.32. The minimum Gasteiger partial charge on any atom is -0.484 e. The largest absolute Gasteiger partial charge is 0.484 e. The lowest BCUT2D eigenvalue weighted by molar-refractivity contribution is 0.203. The Balaban J connectivity index is 2.18. The van der Waals surface area contributed by atoms with E-state index in [0.717, 1.165) is 11.1 Å². The van der Waals surface area contributed by atoms with Crippen molar-refractivity contribution in [2.45, 2.75) is 12.7 Å². The molecule has 2 aromatic rings. The van der Waals surface area contributed by atoms with Crippen molar-refractivity contribution in [3.63, 3.8) is 0 Å². The van der Waals surface area contributed by atoms with Crippen LogP contribution in [-0.2, 0) is 6.61 Å². The highest BCUT2D eigenvalue weighted by atomic mass is 32.1. The molecule has 0 saturated heterocycles. The fourth-order valence-electron chi connectivity index (χ4n) is 1.61. The van der Waals surface area contributed by atoms with Gasteiger partial charge in [0.05, 0.1) is 6.61 Å². The van der Waals surface area contributed by atoms with E-state index in [9.17, 15) is 5.11 Å². The lowest BCUT2D eigenvalue weighted by atomic mass is 10.1. The molecule has 0 aliphatic carbocycles. The van der Waals surface area contributed by atoms with Gasteiger partial charge in [-0.3, -0.25) is 0 Å². The molecule has 0 bridgehead atoms. The molecule has 90 valence electrons. The van der Waals surface area contributed by atoms with Crippen LogP contribution in [0.4, 0.5) is 0 Å². The zero-order valence-electron chi connectivity index (χ0n) is 9.37. The highest BCUT2D eigenvalue weighted by Crippen LogP contribution is 2.26. The van der Waals surface area contributed by atoms with Gasteiger partial charge in [-0.15, -0.1) is 0 Å². The Kier molecular flexibility index (Phi) is 4.14. The van der Waals surface area contributed by atoms with E-state index in [4.69, 9.17) is 10.5 Å². The molecule has 0 radical (unpaired) electrons. The summed E-state index contributed by atoms with van der Waals surface area (Å²) in [4.78, 5) is 0. The molecule has 3 nitrogen and oxygen atoms in total. The summed E-state index contributed by atoms with van der Waals surface area (Å²) in [6.45, 7) is 0.383. The first kappa shape index (κ1) is 12.1. The molecule has 1 unspecified atom stereocenters. The normalized spacial score (nSPS) is 12.4. The number of aliphatic hydroxyl groups is 1. The molecule has 1 aromatic heterocycles. The van der Waals surface area contributed by atoms with Crippen molar-refractivity contribution in [3.05, 3.63) is 52.2 Å². The fraction of sp³-hybridized carbons (Fsp3) is 0.231.